The Morgan fingerprint density at radius 1 is 1.38 bits per heavy atom. The van der Waals surface area contributed by atoms with Gasteiger partial charge >= 0.3 is 0 Å². The van der Waals surface area contributed by atoms with Crippen LogP contribution in [0.3, 0.4) is 0 Å². The zero-order valence-electron chi connectivity index (χ0n) is 15.9. The van der Waals surface area contributed by atoms with Crippen LogP contribution in [-0.4, -0.2) is 31.4 Å². The smallest absolute Gasteiger partial charge is 0.192 e. The van der Waals surface area contributed by atoms with Gasteiger partial charge in [-0.2, -0.15) is 0 Å². The number of fused-ring (bicyclic) bond motifs is 5. The van der Waals surface area contributed by atoms with E-state index in [1.54, 1.807) is 34.5 Å². The minimum Gasteiger partial charge on any atom is -0.387 e. The van der Waals surface area contributed by atoms with Crippen LogP contribution in [0.2, 0.25) is 5.02 Å². The van der Waals surface area contributed by atoms with E-state index in [0.29, 0.717) is 17.5 Å². The molecule has 0 radical (unpaired) electrons. The molecule has 9 heteroatoms. The van der Waals surface area contributed by atoms with Crippen molar-refractivity contribution in [3.8, 4) is 0 Å². The van der Waals surface area contributed by atoms with Gasteiger partial charge in [-0.1, -0.05) is 35.0 Å². The summed E-state index contributed by atoms with van der Waals surface area (Å²) in [6.07, 6.45) is 4.09. The molecule has 4 heterocycles. The largest absolute Gasteiger partial charge is 0.387 e. The average molecular weight is 428 g/mol. The van der Waals surface area contributed by atoms with Crippen molar-refractivity contribution in [3.63, 3.8) is 0 Å². The van der Waals surface area contributed by atoms with Crippen LogP contribution in [0.25, 0.3) is 15.9 Å². The zero-order chi connectivity index (χ0) is 20.0. The average Bonchev–Trinajstić information content (AvgIpc) is 3.26. The molecule has 5 rings (SSSR count). The van der Waals surface area contributed by atoms with E-state index in [0.717, 1.165) is 27.8 Å². The van der Waals surface area contributed by atoms with Gasteiger partial charge in [-0.05, 0) is 25.5 Å². The van der Waals surface area contributed by atoms with Crippen molar-refractivity contribution in [1.29, 1.82) is 0 Å². The number of aromatic nitrogens is 4. The van der Waals surface area contributed by atoms with Crippen LogP contribution in [0.4, 0.5) is 0 Å². The Labute approximate surface area is 175 Å². The predicted octanol–water partition coefficient (Wildman–Crippen LogP) is 4.39. The first-order valence-electron chi connectivity index (χ1n) is 9.18. The highest BCUT2D eigenvalue weighted by Gasteiger charge is 2.30. The lowest BCUT2D eigenvalue weighted by atomic mass is 9.94. The van der Waals surface area contributed by atoms with Crippen molar-refractivity contribution in [2.45, 2.75) is 39.1 Å². The molecule has 4 aromatic rings. The van der Waals surface area contributed by atoms with Crippen molar-refractivity contribution >= 4 is 45.0 Å². The van der Waals surface area contributed by atoms with Crippen LogP contribution < -0.4 is 0 Å². The van der Waals surface area contributed by atoms with Crippen LogP contribution in [0.15, 0.2) is 35.7 Å². The minimum atomic E-state index is -0.201. The topological polar surface area (TPSA) is 73.9 Å². The van der Waals surface area contributed by atoms with Gasteiger partial charge in [0.1, 0.15) is 11.2 Å². The van der Waals surface area contributed by atoms with Gasteiger partial charge in [0, 0.05) is 21.9 Å². The number of ether oxygens (including phenoxy) is 1. The molecule has 3 aromatic heterocycles. The van der Waals surface area contributed by atoms with Crippen molar-refractivity contribution in [2.24, 2.45) is 5.16 Å². The highest BCUT2D eigenvalue weighted by Crippen LogP contribution is 2.39. The first-order chi connectivity index (χ1) is 14.0. The van der Waals surface area contributed by atoms with Crippen LogP contribution in [0.5, 0.6) is 0 Å². The third-order valence-electron chi connectivity index (χ3n) is 4.82. The van der Waals surface area contributed by atoms with Gasteiger partial charge in [0.05, 0.1) is 23.8 Å². The Morgan fingerprint density at radius 3 is 3.10 bits per heavy atom. The number of thiophene rings is 1. The summed E-state index contributed by atoms with van der Waals surface area (Å²) in [4.78, 5) is 16.8. The molecule has 0 saturated heterocycles. The first-order valence-corrected chi connectivity index (χ1v) is 10.4. The van der Waals surface area contributed by atoms with E-state index < -0.39 is 0 Å². The summed E-state index contributed by atoms with van der Waals surface area (Å²) in [7, 11) is 0. The van der Waals surface area contributed by atoms with Crippen molar-refractivity contribution in [1.82, 2.24) is 19.6 Å². The number of rotatable bonds is 4. The van der Waals surface area contributed by atoms with Gasteiger partial charge in [-0.15, -0.1) is 16.4 Å². The predicted molar refractivity (Wildman–Crippen MR) is 113 cm³/mol. The molecule has 7 nitrogen and oxygen atoms in total. The number of hydrogen-bond acceptors (Lipinski definition) is 7. The number of halogens is 1. The molecule has 0 fully saturated rings. The number of hydrogen-bond donors (Lipinski definition) is 0. The van der Waals surface area contributed by atoms with Crippen molar-refractivity contribution < 1.29 is 9.57 Å². The van der Waals surface area contributed by atoms with E-state index in [1.165, 1.54) is 10.4 Å². The van der Waals surface area contributed by atoms with Gasteiger partial charge in [-0.25, -0.2) is 14.5 Å². The molecule has 0 spiro atoms. The number of oxime groups is 1. The second-order valence-electron chi connectivity index (χ2n) is 7.48. The van der Waals surface area contributed by atoms with E-state index in [-0.39, 0.29) is 12.2 Å². The molecular formula is C20H18ClN5O2S. The summed E-state index contributed by atoms with van der Waals surface area (Å²) < 4.78 is 7.65. The van der Waals surface area contributed by atoms with E-state index >= 15 is 0 Å². The summed E-state index contributed by atoms with van der Waals surface area (Å²) in [6.45, 7) is 4.97. The van der Waals surface area contributed by atoms with Crippen molar-refractivity contribution in [3.05, 3.63) is 57.4 Å². The zero-order valence-corrected chi connectivity index (χ0v) is 17.5. The molecule has 1 aliphatic heterocycles. The summed E-state index contributed by atoms with van der Waals surface area (Å²) in [6, 6.07) is 7.43. The quantitative estimate of drug-likeness (QED) is 0.356. The van der Waals surface area contributed by atoms with Gasteiger partial charge < -0.3 is 9.57 Å². The molecule has 29 heavy (non-hydrogen) atoms. The van der Waals surface area contributed by atoms with Gasteiger partial charge in [0.25, 0.3) is 0 Å². The molecule has 0 N–H and O–H groups in total. The summed E-state index contributed by atoms with van der Waals surface area (Å²) in [5, 5.41) is 10.1. The third-order valence-corrected chi connectivity index (χ3v) is 6.27. The SMILES string of the molecule is CC1(C)Cc2c(sc3ncn4nc(CON=Cc5ccccc5Cl)nc4c23)CO1. The Kier molecular flexibility index (Phi) is 4.49. The molecule has 148 valence electrons. The number of benzene rings is 1. The first kappa shape index (κ1) is 18.5. The fourth-order valence-corrected chi connectivity index (χ4v) is 4.67. The molecule has 0 atom stereocenters. The highest BCUT2D eigenvalue weighted by atomic mass is 35.5. The maximum atomic E-state index is 6.11. The summed E-state index contributed by atoms with van der Waals surface area (Å²) in [5.41, 5.74) is 2.64. The lowest BCUT2D eigenvalue weighted by Crippen LogP contribution is -2.31. The maximum absolute atomic E-state index is 6.11. The van der Waals surface area contributed by atoms with Crippen LogP contribution in [-0.2, 0) is 29.2 Å². The molecular weight excluding hydrogens is 410 g/mol. The van der Waals surface area contributed by atoms with Gasteiger partial charge in [0.2, 0.25) is 0 Å². The lowest BCUT2D eigenvalue weighted by molar-refractivity contribution is -0.0379. The fourth-order valence-electron chi connectivity index (χ4n) is 3.42. The van der Waals surface area contributed by atoms with Crippen molar-refractivity contribution in [2.75, 3.05) is 0 Å². The fraction of sp³-hybridized carbons (Fsp3) is 0.300. The number of nitrogens with zero attached hydrogens (tertiary/aromatic N) is 5. The highest BCUT2D eigenvalue weighted by molar-refractivity contribution is 7.19. The van der Waals surface area contributed by atoms with E-state index in [4.69, 9.17) is 21.2 Å². The van der Waals surface area contributed by atoms with Crippen LogP contribution in [0.1, 0.15) is 35.7 Å². The molecule has 1 aliphatic rings. The van der Waals surface area contributed by atoms with E-state index in [1.807, 2.05) is 18.2 Å². The Balaban J connectivity index is 1.42. The molecule has 0 amide bonds. The monoisotopic (exact) mass is 427 g/mol. The Hall–Kier alpha value is -2.55. The minimum absolute atomic E-state index is 0.158. The second-order valence-corrected chi connectivity index (χ2v) is 8.97. The van der Waals surface area contributed by atoms with Gasteiger partial charge in [-0.3, -0.25) is 0 Å². The van der Waals surface area contributed by atoms with E-state index in [9.17, 15) is 0 Å². The van der Waals surface area contributed by atoms with E-state index in [2.05, 4.69) is 34.1 Å². The van der Waals surface area contributed by atoms with Crippen LogP contribution >= 0.6 is 22.9 Å². The second kappa shape index (κ2) is 7.05. The molecule has 0 saturated carbocycles. The standard InChI is InChI=1S/C20H18ClN5O2S/c1-20(2)7-13-15(9-27-20)29-19-17(13)18-24-16(25-26(18)11-22-19)10-28-23-8-12-5-3-4-6-14(12)21/h3-6,8,11H,7,9-10H2,1-2H3. The van der Waals surface area contributed by atoms with Crippen LogP contribution in [0, 0.1) is 0 Å². The maximum Gasteiger partial charge on any atom is 0.192 e. The Morgan fingerprint density at radius 2 is 2.24 bits per heavy atom. The summed E-state index contributed by atoms with van der Waals surface area (Å²) in [5.74, 6) is 0.543. The molecule has 0 bridgehead atoms. The summed E-state index contributed by atoms with van der Waals surface area (Å²) >= 11 is 7.77. The lowest BCUT2D eigenvalue weighted by Gasteiger charge is -2.30. The normalized spacial score (nSPS) is 16.0. The molecule has 0 aliphatic carbocycles. The van der Waals surface area contributed by atoms with Gasteiger partial charge in [0.15, 0.2) is 18.1 Å². The Bertz CT molecular complexity index is 1250. The molecule has 1 aromatic carbocycles. The third kappa shape index (κ3) is 3.48. The molecule has 0 unspecified atom stereocenters.